The molecule has 0 radical (unpaired) electrons. The minimum atomic E-state index is -3.12. The largest absolute Gasteiger partial charge is 0.320 e. The van der Waals surface area contributed by atoms with Crippen LogP contribution in [0.4, 0.5) is 0 Å². The molecule has 0 aromatic carbocycles. The van der Waals surface area contributed by atoms with Gasteiger partial charge in [-0.25, -0.2) is 18.1 Å². The van der Waals surface area contributed by atoms with Crippen LogP contribution in [0.5, 0.6) is 0 Å². The molecule has 1 rings (SSSR count). The molecule has 0 amide bonds. The predicted molar refractivity (Wildman–Crippen MR) is 70.8 cm³/mol. The van der Waals surface area contributed by atoms with Gasteiger partial charge in [0.1, 0.15) is 0 Å². The van der Waals surface area contributed by atoms with Crippen molar-refractivity contribution in [1.29, 1.82) is 0 Å². The molecule has 0 saturated carbocycles. The molecular weight excluding hydrogens is 258 g/mol. The fraction of sp³-hybridized carbons (Fsp3) is 0.700. The Morgan fingerprint density at radius 2 is 2.18 bits per heavy atom. The number of aromatic nitrogens is 1. The highest BCUT2D eigenvalue weighted by atomic mass is 32.2. The Morgan fingerprint density at radius 1 is 1.35 bits per heavy atom. The van der Waals surface area contributed by atoms with Crippen molar-refractivity contribution in [2.45, 2.75) is 19.3 Å². The molecule has 7 heteroatoms. The zero-order valence-electron chi connectivity index (χ0n) is 9.98. The van der Waals surface area contributed by atoms with Crippen molar-refractivity contribution in [3.8, 4) is 0 Å². The van der Waals surface area contributed by atoms with Crippen LogP contribution in [0.15, 0.2) is 11.6 Å². The van der Waals surface area contributed by atoms with Gasteiger partial charge < -0.3 is 5.32 Å². The lowest BCUT2D eigenvalue weighted by Crippen LogP contribution is -2.28. The molecule has 0 spiro atoms. The van der Waals surface area contributed by atoms with Crippen LogP contribution >= 0.6 is 11.3 Å². The number of sulfonamides is 1. The first-order chi connectivity index (χ1) is 8.14. The molecule has 1 heterocycles. The fourth-order valence-electron chi connectivity index (χ4n) is 1.36. The van der Waals surface area contributed by atoms with Crippen molar-refractivity contribution in [3.05, 3.63) is 16.6 Å². The van der Waals surface area contributed by atoms with Gasteiger partial charge in [-0.15, -0.1) is 11.3 Å². The maximum absolute atomic E-state index is 11.6. The third kappa shape index (κ3) is 6.72. The van der Waals surface area contributed by atoms with Crippen molar-refractivity contribution in [1.82, 2.24) is 15.0 Å². The average Bonchev–Trinajstić information content (AvgIpc) is 2.77. The molecule has 0 saturated heterocycles. The van der Waals surface area contributed by atoms with E-state index in [2.05, 4.69) is 15.0 Å². The number of hydrogen-bond donors (Lipinski definition) is 2. The maximum atomic E-state index is 11.6. The summed E-state index contributed by atoms with van der Waals surface area (Å²) in [6.45, 7) is 1.29. The number of nitrogens with zero attached hydrogens (tertiary/aromatic N) is 1. The van der Waals surface area contributed by atoms with Crippen LogP contribution in [0.25, 0.3) is 0 Å². The van der Waals surface area contributed by atoms with Gasteiger partial charge in [-0.05, 0) is 26.4 Å². The number of hydrogen-bond acceptors (Lipinski definition) is 5. The minimum absolute atomic E-state index is 0.201. The number of rotatable bonds is 9. The van der Waals surface area contributed by atoms with Gasteiger partial charge in [0, 0.05) is 24.5 Å². The molecule has 1 aromatic heterocycles. The Labute approximate surface area is 107 Å². The molecule has 1 aromatic rings. The van der Waals surface area contributed by atoms with E-state index in [4.69, 9.17) is 0 Å². The number of unbranched alkanes of at least 4 members (excludes halogenated alkanes) is 1. The van der Waals surface area contributed by atoms with Gasteiger partial charge in [0.2, 0.25) is 10.0 Å². The normalized spacial score (nSPS) is 11.8. The molecule has 5 nitrogen and oxygen atoms in total. The predicted octanol–water partition coefficient (Wildman–Crippen LogP) is 0.605. The number of nitrogens with one attached hydrogen (secondary N) is 2. The summed E-state index contributed by atoms with van der Waals surface area (Å²) >= 11 is 1.54. The number of thiazole rings is 1. The van der Waals surface area contributed by atoms with Gasteiger partial charge in [-0.2, -0.15) is 0 Å². The van der Waals surface area contributed by atoms with E-state index >= 15 is 0 Å². The van der Waals surface area contributed by atoms with E-state index in [-0.39, 0.29) is 5.75 Å². The highest BCUT2D eigenvalue weighted by Gasteiger charge is 2.09. The summed E-state index contributed by atoms with van der Waals surface area (Å²) in [6, 6.07) is 0. The van der Waals surface area contributed by atoms with Crippen LogP contribution in [-0.2, 0) is 16.4 Å². The average molecular weight is 277 g/mol. The second-order valence-electron chi connectivity index (χ2n) is 3.70. The second kappa shape index (κ2) is 7.75. The van der Waals surface area contributed by atoms with Crippen LogP contribution < -0.4 is 10.0 Å². The second-order valence-corrected chi connectivity index (χ2v) is 6.61. The molecule has 0 bridgehead atoms. The highest BCUT2D eigenvalue weighted by molar-refractivity contribution is 7.89. The van der Waals surface area contributed by atoms with Gasteiger partial charge in [0.25, 0.3) is 0 Å². The van der Waals surface area contributed by atoms with E-state index in [0.717, 1.165) is 18.0 Å². The summed E-state index contributed by atoms with van der Waals surface area (Å²) in [4.78, 5) is 4.10. The van der Waals surface area contributed by atoms with Crippen LogP contribution in [0.2, 0.25) is 0 Å². The van der Waals surface area contributed by atoms with E-state index in [1.54, 1.807) is 17.5 Å². The third-order valence-corrected chi connectivity index (χ3v) is 4.54. The van der Waals surface area contributed by atoms with E-state index in [1.165, 1.54) is 0 Å². The van der Waals surface area contributed by atoms with E-state index in [1.807, 2.05) is 12.4 Å². The zero-order valence-corrected chi connectivity index (χ0v) is 11.6. The first-order valence-electron chi connectivity index (χ1n) is 5.64. The summed E-state index contributed by atoms with van der Waals surface area (Å²) in [6.07, 6.45) is 3.96. The Bertz CT molecular complexity index is 390. The quantitative estimate of drug-likeness (QED) is 0.649. The van der Waals surface area contributed by atoms with E-state index in [9.17, 15) is 8.42 Å². The molecule has 0 fully saturated rings. The SMILES string of the molecule is CNCCCCS(=O)(=O)NCCc1nccs1. The van der Waals surface area contributed by atoms with Gasteiger partial charge in [-0.1, -0.05) is 0 Å². The summed E-state index contributed by atoms with van der Waals surface area (Å²) in [7, 11) is -1.25. The first kappa shape index (κ1) is 14.6. The van der Waals surface area contributed by atoms with Crippen LogP contribution in [0, 0.1) is 0 Å². The topological polar surface area (TPSA) is 71.1 Å². The summed E-state index contributed by atoms with van der Waals surface area (Å²) in [5.74, 6) is 0.201. The van der Waals surface area contributed by atoms with Crippen molar-refractivity contribution >= 4 is 21.4 Å². The van der Waals surface area contributed by atoms with E-state index < -0.39 is 10.0 Å². The van der Waals surface area contributed by atoms with Gasteiger partial charge in [-0.3, -0.25) is 0 Å². The summed E-state index contributed by atoms with van der Waals surface area (Å²) < 4.78 is 25.7. The fourth-order valence-corrected chi connectivity index (χ4v) is 3.12. The molecule has 17 heavy (non-hydrogen) atoms. The summed E-state index contributed by atoms with van der Waals surface area (Å²) in [5, 5.41) is 5.85. The molecule has 98 valence electrons. The highest BCUT2D eigenvalue weighted by Crippen LogP contribution is 2.04. The molecular formula is C10H19N3O2S2. The Morgan fingerprint density at radius 3 is 2.82 bits per heavy atom. The molecule has 0 atom stereocenters. The van der Waals surface area contributed by atoms with Crippen molar-refractivity contribution in [2.75, 3.05) is 25.9 Å². The molecule has 2 N–H and O–H groups in total. The zero-order chi connectivity index (χ0) is 12.6. The van der Waals surface area contributed by atoms with Crippen molar-refractivity contribution in [3.63, 3.8) is 0 Å². The maximum Gasteiger partial charge on any atom is 0.211 e. The summed E-state index contributed by atoms with van der Waals surface area (Å²) in [5.41, 5.74) is 0. The monoisotopic (exact) mass is 277 g/mol. The van der Waals surface area contributed by atoms with Gasteiger partial charge in [0.05, 0.1) is 10.8 Å². The lowest BCUT2D eigenvalue weighted by molar-refractivity contribution is 0.576. The van der Waals surface area contributed by atoms with Gasteiger partial charge in [0.15, 0.2) is 0 Å². The van der Waals surface area contributed by atoms with Crippen molar-refractivity contribution < 1.29 is 8.42 Å². The Hall–Kier alpha value is -0.500. The van der Waals surface area contributed by atoms with Gasteiger partial charge >= 0.3 is 0 Å². The molecule has 0 aliphatic heterocycles. The Kier molecular flexibility index (Phi) is 6.64. The lowest BCUT2D eigenvalue weighted by Gasteiger charge is -2.05. The lowest BCUT2D eigenvalue weighted by atomic mass is 10.3. The minimum Gasteiger partial charge on any atom is -0.320 e. The third-order valence-electron chi connectivity index (χ3n) is 2.23. The van der Waals surface area contributed by atoms with Crippen LogP contribution in [0.3, 0.4) is 0 Å². The molecule has 0 aliphatic carbocycles. The van der Waals surface area contributed by atoms with Crippen LogP contribution in [-0.4, -0.2) is 39.3 Å². The van der Waals surface area contributed by atoms with Crippen molar-refractivity contribution in [2.24, 2.45) is 0 Å². The smallest absolute Gasteiger partial charge is 0.211 e. The Balaban J connectivity index is 2.16. The van der Waals surface area contributed by atoms with E-state index in [0.29, 0.717) is 19.4 Å². The standard InChI is InChI=1S/C10H19N3O2S2/c1-11-5-2-3-9-17(14,15)13-6-4-10-12-7-8-16-10/h7-8,11,13H,2-6,9H2,1H3. The molecule has 0 aliphatic rings. The molecule has 0 unspecified atom stereocenters. The van der Waals surface area contributed by atoms with Crippen LogP contribution in [0.1, 0.15) is 17.8 Å². The first-order valence-corrected chi connectivity index (χ1v) is 8.17.